The lowest BCUT2D eigenvalue weighted by Crippen LogP contribution is -2.30. The normalized spacial score (nSPS) is 10.7. The number of carboxylic acids is 1. The predicted octanol–water partition coefficient (Wildman–Crippen LogP) is 5.67. The number of urea groups is 1. The Balaban J connectivity index is 1.47. The van der Waals surface area contributed by atoms with Gasteiger partial charge in [0.05, 0.1) is 9.72 Å². The van der Waals surface area contributed by atoms with Crippen molar-refractivity contribution in [1.82, 2.24) is 0 Å². The van der Waals surface area contributed by atoms with Crippen molar-refractivity contribution in [2.45, 2.75) is 0 Å². The molecule has 0 atom stereocenters. The Labute approximate surface area is 190 Å². The summed E-state index contributed by atoms with van der Waals surface area (Å²) in [4.78, 5) is 36.8. The van der Waals surface area contributed by atoms with Crippen LogP contribution in [-0.2, 0) is 0 Å². The van der Waals surface area contributed by atoms with Crippen LogP contribution in [0.2, 0.25) is 5.02 Å². The lowest BCUT2D eigenvalue weighted by atomic mass is 10.3. The van der Waals surface area contributed by atoms with Gasteiger partial charge in [-0.25, -0.2) is 14.4 Å². The highest BCUT2D eigenvalue weighted by molar-refractivity contribution is 7.22. The Kier molecular flexibility index (Phi) is 5.85. The first-order chi connectivity index (χ1) is 15.3. The van der Waals surface area contributed by atoms with Gasteiger partial charge in [-0.15, -0.1) is 11.3 Å². The Morgan fingerprint density at radius 2 is 1.84 bits per heavy atom. The van der Waals surface area contributed by atoms with Gasteiger partial charge in [-0.2, -0.15) is 0 Å². The van der Waals surface area contributed by atoms with Gasteiger partial charge in [-0.05, 0) is 42.5 Å². The van der Waals surface area contributed by atoms with Crippen molar-refractivity contribution >= 4 is 55.9 Å². The highest BCUT2D eigenvalue weighted by atomic mass is 35.5. The zero-order valence-electron chi connectivity index (χ0n) is 16.5. The standard InChI is InChI=1S/C22H15ClN2O6S/c1-25(12-6-8-13(9-7-12)30-16-5-3-2-4-15(16)23)22(29)24-19-11-17-18(32-19)10-14(20(26)27)21(28)31-17/h2-11H,1H3,(H,24,29)(H,26,27). The number of anilines is 2. The fourth-order valence-corrected chi connectivity index (χ4v) is 3.92. The van der Waals surface area contributed by atoms with E-state index >= 15 is 0 Å². The van der Waals surface area contributed by atoms with Crippen LogP contribution in [0.25, 0.3) is 10.3 Å². The number of nitrogens with one attached hydrogen (secondary N) is 1. The summed E-state index contributed by atoms with van der Waals surface area (Å²) in [5.41, 5.74) is -0.607. The highest BCUT2D eigenvalue weighted by Crippen LogP contribution is 2.31. The molecule has 0 saturated heterocycles. The molecule has 2 amide bonds. The molecule has 0 bridgehead atoms. The van der Waals surface area contributed by atoms with E-state index < -0.39 is 23.2 Å². The fourth-order valence-electron chi connectivity index (χ4n) is 2.82. The minimum absolute atomic E-state index is 0.198. The van der Waals surface area contributed by atoms with Gasteiger partial charge in [-0.1, -0.05) is 23.7 Å². The Morgan fingerprint density at radius 3 is 2.53 bits per heavy atom. The van der Waals surface area contributed by atoms with Crippen LogP contribution in [0.4, 0.5) is 15.5 Å². The molecule has 0 aliphatic heterocycles. The molecule has 2 N–H and O–H groups in total. The summed E-state index contributed by atoms with van der Waals surface area (Å²) in [7, 11) is 1.59. The molecule has 0 aliphatic rings. The summed E-state index contributed by atoms with van der Waals surface area (Å²) in [6.45, 7) is 0. The van der Waals surface area contributed by atoms with E-state index in [1.165, 1.54) is 17.0 Å². The highest BCUT2D eigenvalue weighted by Gasteiger charge is 2.17. The number of amides is 2. The van der Waals surface area contributed by atoms with E-state index in [0.29, 0.717) is 31.9 Å². The first-order valence-electron chi connectivity index (χ1n) is 9.20. The van der Waals surface area contributed by atoms with Gasteiger partial charge < -0.3 is 14.3 Å². The van der Waals surface area contributed by atoms with E-state index in [4.69, 9.17) is 25.9 Å². The number of hydrogen-bond acceptors (Lipinski definition) is 6. The average molecular weight is 471 g/mol. The molecule has 2 aromatic carbocycles. The minimum atomic E-state index is -1.37. The molecule has 0 radical (unpaired) electrons. The number of benzene rings is 2. The quantitative estimate of drug-likeness (QED) is 0.389. The molecule has 4 rings (SSSR count). The van der Waals surface area contributed by atoms with Crippen molar-refractivity contribution in [2.75, 3.05) is 17.3 Å². The number of halogens is 1. The number of rotatable bonds is 5. The lowest BCUT2D eigenvalue weighted by molar-refractivity contribution is 0.0692. The van der Waals surface area contributed by atoms with Crippen LogP contribution >= 0.6 is 22.9 Å². The molecule has 0 fully saturated rings. The second-order valence-electron chi connectivity index (χ2n) is 6.61. The minimum Gasteiger partial charge on any atom is -0.477 e. The molecular formula is C22H15ClN2O6S. The molecule has 0 aliphatic carbocycles. The molecular weight excluding hydrogens is 456 g/mol. The fraction of sp³-hybridized carbons (Fsp3) is 0.0455. The molecule has 2 aromatic heterocycles. The first kappa shape index (κ1) is 21.4. The van der Waals surface area contributed by atoms with E-state index in [-0.39, 0.29) is 5.58 Å². The SMILES string of the molecule is CN(C(=O)Nc1cc2oc(=O)c(C(=O)O)cc2s1)c1ccc(Oc2ccccc2Cl)cc1. The molecule has 2 heterocycles. The first-order valence-corrected chi connectivity index (χ1v) is 10.4. The van der Waals surface area contributed by atoms with Gasteiger partial charge in [0.2, 0.25) is 0 Å². The number of ether oxygens (including phenoxy) is 1. The summed E-state index contributed by atoms with van der Waals surface area (Å²) in [5, 5.41) is 12.6. The third-order valence-corrected chi connectivity index (χ3v) is 5.77. The van der Waals surface area contributed by atoms with Gasteiger partial charge in [0.1, 0.15) is 22.1 Å². The second kappa shape index (κ2) is 8.74. The van der Waals surface area contributed by atoms with Crippen molar-refractivity contribution < 1.29 is 23.8 Å². The van der Waals surface area contributed by atoms with Crippen LogP contribution in [0.3, 0.4) is 0 Å². The molecule has 32 heavy (non-hydrogen) atoms. The van der Waals surface area contributed by atoms with Gasteiger partial charge in [0.15, 0.2) is 5.58 Å². The van der Waals surface area contributed by atoms with Gasteiger partial charge in [0, 0.05) is 18.8 Å². The molecule has 8 nitrogen and oxygen atoms in total. The molecule has 0 saturated carbocycles. The number of aromatic carboxylic acids is 1. The third-order valence-electron chi connectivity index (χ3n) is 4.48. The molecule has 0 spiro atoms. The predicted molar refractivity (Wildman–Crippen MR) is 123 cm³/mol. The van der Waals surface area contributed by atoms with Crippen molar-refractivity contribution in [1.29, 1.82) is 0 Å². The summed E-state index contributed by atoms with van der Waals surface area (Å²) in [6, 6.07) is 16.2. The Hall–Kier alpha value is -3.82. The zero-order chi connectivity index (χ0) is 22.8. The summed E-state index contributed by atoms with van der Waals surface area (Å²) in [6.07, 6.45) is 0. The van der Waals surface area contributed by atoms with Crippen LogP contribution in [0.15, 0.2) is 69.9 Å². The third kappa shape index (κ3) is 4.43. The maximum absolute atomic E-state index is 12.6. The van der Waals surface area contributed by atoms with Crippen LogP contribution in [-0.4, -0.2) is 24.2 Å². The molecule has 162 valence electrons. The molecule has 4 aromatic rings. The monoisotopic (exact) mass is 470 g/mol. The molecule has 0 unspecified atom stereocenters. The number of carbonyl (C=O) groups is 2. The second-order valence-corrected chi connectivity index (χ2v) is 8.10. The van der Waals surface area contributed by atoms with E-state index in [0.717, 1.165) is 11.3 Å². The number of carboxylic acid groups (broad SMARTS) is 1. The Bertz CT molecular complexity index is 1380. The van der Waals surface area contributed by atoms with E-state index in [2.05, 4.69) is 5.32 Å². The largest absolute Gasteiger partial charge is 0.477 e. The number of fused-ring (bicyclic) bond motifs is 1. The number of para-hydroxylation sites is 1. The topological polar surface area (TPSA) is 109 Å². The van der Waals surface area contributed by atoms with E-state index in [9.17, 15) is 14.4 Å². The van der Waals surface area contributed by atoms with Gasteiger partial charge in [-0.3, -0.25) is 10.2 Å². The van der Waals surface area contributed by atoms with E-state index in [1.807, 2.05) is 6.07 Å². The van der Waals surface area contributed by atoms with Crippen molar-refractivity contribution in [3.05, 3.63) is 81.7 Å². The summed E-state index contributed by atoms with van der Waals surface area (Å²) in [5.74, 6) is -0.291. The van der Waals surface area contributed by atoms with Crippen LogP contribution in [0.1, 0.15) is 10.4 Å². The Morgan fingerprint density at radius 1 is 1.12 bits per heavy atom. The van der Waals surface area contributed by atoms with Crippen LogP contribution in [0.5, 0.6) is 11.5 Å². The summed E-state index contributed by atoms with van der Waals surface area (Å²) < 4.78 is 11.2. The maximum atomic E-state index is 12.6. The average Bonchev–Trinajstić information content (AvgIpc) is 3.15. The molecule has 10 heteroatoms. The van der Waals surface area contributed by atoms with Crippen LogP contribution < -0.4 is 20.6 Å². The number of hydrogen-bond donors (Lipinski definition) is 2. The zero-order valence-corrected chi connectivity index (χ0v) is 18.1. The van der Waals surface area contributed by atoms with E-state index in [1.54, 1.807) is 49.5 Å². The number of thiophene rings is 1. The van der Waals surface area contributed by atoms with Crippen molar-refractivity contribution in [3.63, 3.8) is 0 Å². The van der Waals surface area contributed by atoms with Gasteiger partial charge in [0.25, 0.3) is 0 Å². The van der Waals surface area contributed by atoms with Crippen molar-refractivity contribution in [2.24, 2.45) is 0 Å². The lowest BCUT2D eigenvalue weighted by Gasteiger charge is -2.18. The summed E-state index contributed by atoms with van der Waals surface area (Å²) >= 11 is 7.19. The number of nitrogens with zero attached hydrogens (tertiary/aromatic N) is 1. The maximum Gasteiger partial charge on any atom is 0.351 e. The number of carbonyl (C=O) groups excluding carboxylic acids is 1. The van der Waals surface area contributed by atoms with Crippen LogP contribution in [0, 0.1) is 0 Å². The van der Waals surface area contributed by atoms with Crippen molar-refractivity contribution in [3.8, 4) is 11.5 Å². The van der Waals surface area contributed by atoms with Gasteiger partial charge >= 0.3 is 17.6 Å². The smallest absolute Gasteiger partial charge is 0.351 e.